The summed E-state index contributed by atoms with van der Waals surface area (Å²) in [5.74, 6) is -1.07. The fourth-order valence-corrected chi connectivity index (χ4v) is 1.94. The molecule has 0 atom stereocenters. The van der Waals surface area contributed by atoms with Crippen LogP contribution in [0.1, 0.15) is 0 Å². The number of aliphatic carboxylic acids is 1. The summed E-state index contributed by atoms with van der Waals surface area (Å²) < 4.78 is 1.68. The summed E-state index contributed by atoms with van der Waals surface area (Å²) in [5.41, 5.74) is 0.181. The van der Waals surface area contributed by atoms with Gasteiger partial charge in [-0.2, -0.15) is 0 Å². The molecule has 0 amide bonds. The van der Waals surface area contributed by atoms with Gasteiger partial charge >= 0.3 is 5.97 Å². The van der Waals surface area contributed by atoms with Crippen LogP contribution in [0.25, 0.3) is 10.9 Å². The van der Waals surface area contributed by atoms with Gasteiger partial charge in [-0.15, -0.1) is 0 Å². The highest BCUT2D eigenvalue weighted by Gasteiger charge is 2.08. The Morgan fingerprint density at radius 2 is 2.25 bits per heavy atom. The van der Waals surface area contributed by atoms with Gasteiger partial charge in [-0.25, -0.2) is 4.98 Å². The molecule has 1 heterocycles. The molecule has 0 aliphatic heterocycles. The van der Waals surface area contributed by atoms with E-state index in [0.29, 0.717) is 15.4 Å². The Labute approximate surface area is 98.5 Å². The predicted molar refractivity (Wildman–Crippen MR) is 61.3 cm³/mol. The van der Waals surface area contributed by atoms with Crippen LogP contribution in [-0.2, 0) is 11.3 Å². The van der Waals surface area contributed by atoms with Crippen molar-refractivity contribution in [2.24, 2.45) is 0 Å². The summed E-state index contributed by atoms with van der Waals surface area (Å²) in [6, 6.07) is 5.18. The molecule has 5 nitrogen and oxygen atoms in total. The van der Waals surface area contributed by atoms with E-state index in [0.717, 1.165) is 4.57 Å². The lowest BCUT2D eigenvalue weighted by atomic mass is 10.2. The van der Waals surface area contributed by atoms with Crippen molar-refractivity contribution < 1.29 is 9.90 Å². The van der Waals surface area contributed by atoms with Gasteiger partial charge in [-0.05, 0) is 28.1 Å². The van der Waals surface area contributed by atoms with Crippen molar-refractivity contribution in [1.29, 1.82) is 0 Å². The zero-order valence-electron chi connectivity index (χ0n) is 8.05. The lowest BCUT2D eigenvalue weighted by Crippen LogP contribution is -2.24. The number of fused-ring (bicyclic) bond motifs is 1. The maximum Gasteiger partial charge on any atom is 0.323 e. The highest BCUT2D eigenvalue weighted by molar-refractivity contribution is 9.10. The summed E-state index contributed by atoms with van der Waals surface area (Å²) in [6.07, 6.45) is 1.24. The molecule has 0 aliphatic rings. The molecule has 1 N–H and O–H groups in total. The summed E-state index contributed by atoms with van der Waals surface area (Å²) >= 11 is 3.25. The van der Waals surface area contributed by atoms with Crippen LogP contribution in [-0.4, -0.2) is 20.6 Å². The normalized spacial score (nSPS) is 10.6. The highest BCUT2D eigenvalue weighted by atomic mass is 79.9. The van der Waals surface area contributed by atoms with E-state index in [1.807, 2.05) is 0 Å². The second kappa shape index (κ2) is 4.05. The summed E-state index contributed by atoms with van der Waals surface area (Å²) in [7, 11) is 0. The van der Waals surface area contributed by atoms with Gasteiger partial charge in [-0.1, -0.05) is 6.07 Å². The average Bonchev–Trinajstić information content (AvgIpc) is 2.22. The van der Waals surface area contributed by atoms with Gasteiger partial charge in [0.25, 0.3) is 5.56 Å². The molecule has 2 rings (SSSR count). The second-order valence-corrected chi connectivity index (χ2v) is 4.06. The standard InChI is InChI=1S/C10H7BrN2O3/c11-6-2-1-3-7-9(6)10(16)13(5-12-7)4-8(14)15/h1-3,5H,4H2,(H,14,15). The van der Waals surface area contributed by atoms with Gasteiger partial charge in [0.1, 0.15) is 6.54 Å². The molecule has 0 aliphatic carbocycles. The van der Waals surface area contributed by atoms with Gasteiger partial charge in [0.15, 0.2) is 0 Å². The molecule has 0 saturated carbocycles. The van der Waals surface area contributed by atoms with Gasteiger partial charge in [0.05, 0.1) is 17.2 Å². The number of carboxylic acids is 1. The molecule has 1 aromatic heterocycles. The summed E-state index contributed by atoms with van der Waals surface area (Å²) in [5, 5.41) is 9.03. The number of benzene rings is 1. The van der Waals surface area contributed by atoms with Crippen LogP contribution < -0.4 is 5.56 Å². The summed E-state index contributed by atoms with van der Waals surface area (Å²) in [6.45, 7) is -0.386. The minimum Gasteiger partial charge on any atom is -0.480 e. The van der Waals surface area contributed by atoms with Crippen LogP contribution in [0.3, 0.4) is 0 Å². The Bertz CT molecular complexity index is 621. The zero-order valence-corrected chi connectivity index (χ0v) is 9.64. The van der Waals surface area contributed by atoms with Crippen LogP contribution in [0, 0.1) is 0 Å². The molecular weight excluding hydrogens is 276 g/mol. The lowest BCUT2D eigenvalue weighted by Gasteiger charge is -2.04. The van der Waals surface area contributed by atoms with Crippen molar-refractivity contribution in [3.05, 3.63) is 39.4 Å². The third-order valence-electron chi connectivity index (χ3n) is 2.11. The molecule has 16 heavy (non-hydrogen) atoms. The van der Waals surface area contributed by atoms with E-state index in [4.69, 9.17) is 5.11 Å². The van der Waals surface area contributed by atoms with Crippen molar-refractivity contribution in [3.8, 4) is 0 Å². The first-order valence-electron chi connectivity index (χ1n) is 4.45. The fourth-order valence-electron chi connectivity index (χ4n) is 1.42. The first kappa shape index (κ1) is 10.8. The van der Waals surface area contributed by atoms with Crippen LogP contribution in [0.5, 0.6) is 0 Å². The number of halogens is 1. The smallest absolute Gasteiger partial charge is 0.323 e. The van der Waals surface area contributed by atoms with E-state index in [-0.39, 0.29) is 12.1 Å². The Kier molecular flexibility index (Phi) is 2.74. The van der Waals surface area contributed by atoms with Gasteiger partial charge < -0.3 is 5.11 Å². The van der Waals surface area contributed by atoms with Crippen LogP contribution >= 0.6 is 15.9 Å². The summed E-state index contributed by atoms with van der Waals surface area (Å²) in [4.78, 5) is 26.5. The molecule has 0 spiro atoms. The minimum atomic E-state index is -1.07. The first-order chi connectivity index (χ1) is 7.59. The van der Waals surface area contributed by atoms with E-state index in [2.05, 4.69) is 20.9 Å². The quantitative estimate of drug-likeness (QED) is 0.900. The van der Waals surface area contributed by atoms with Crippen molar-refractivity contribution in [2.75, 3.05) is 0 Å². The van der Waals surface area contributed by atoms with Crippen molar-refractivity contribution in [3.63, 3.8) is 0 Å². The van der Waals surface area contributed by atoms with E-state index >= 15 is 0 Å². The Morgan fingerprint density at radius 1 is 1.50 bits per heavy atom. The van der Waals surface area contributed by atoms with Crippen LogP contribution in [0.2, 0.25) is 0 Å². The van der Waals surface area contributed by atoms with Crippen molar-refractivity contribution >= 4 is 32.8 Å². The molecule has 2 aromatic rings. The SMILES string of the molecule is O=C(O)Cn1cnc2cccc(Br)c2c1=O. The molecule has 82 valence electrons. The second-order valence-electron chi connectivity index (χ2n) is 3.21. The molecule has 0 radical (unpaired) electrons. The Morgan fingerprint density at radius 3 is 2.94 bits per heavy atom. The molecule has 0 unspecified atom stereocenters. The number of rotatable bonds is 2. The Hall–Kier alpha value is -1.69. The number of hydrogen-bond acceptors (Lipinski definition) is 3. The lowest BCUT2D eigenvalue weighted by molar-refractivity contribution is -0.137. The van der Waals surface area contributed by atoms with Gasteiger partial charge in [0.2, 0.25) is 0 Å². The van der Waals surface area contributed by atoms with E-state index < -0.39 is 5.97 Å². The third kappa shape index (κ3) is 1.83. The number of carbonyl (C=O) groups is 1. The Balaban J connectivity index is 2.73. The topological polar surface area (TPSA) is 72.2 Å². The first-order valence-corrected chi connectivity index (χ1v) is 5.24. The van der Waals surface area contributed by atoms with E-state index in [1.165, 1.54) is 6.33 Å². The number of hydrogen-bond donors (Lipinski definition) is 1. The monoisotopic (exact) mass is 282 g/mol. The third-order valence-corrected chi connectivity index (χ3v) is 2.77. The fraction of sp³-hybridized carbons (Fsp3) is 0.100. The molecule has 1 aromatic carbocycles. The zero-order chi connectivity index (χ0) is 11.7. The molecule has 0 saturated heterocycles. The maximum atomic E-state index is 11.9. The van der Waals surface area contributed by atoms with Gasteiger partial charge in [-0.3, -0.25) is 14.2 Å². The largest absolute Gasteiger partial charge is 0.480 e. The molecule has 0 fully saturated rings. The van der Waals surface area contributed by atoms with Crippen molar-refractivity contribution in [2.45, 2.75) is 6.54 Å². The van der Waals surface area contributed by atoms with Crippen LogP contribution in [0.15, 0.2) is 33.8 Å². The average molecular weight is 283 g/mol. The molecule has 6 heteroatoms. The number of aromatic nitrogens is 2. The molecule has 0 bridgehead atoms. The maximum absolute atomic E-state index is 11.9. The minimum absolute atomic E-state index is 0.361. The van der Waals surface area contributed by atoms with E-state index in [1.54, 1.807) is 18.2 Å². The number of nitrogens with zero attached hydrogens (tertiary/aromatic N) is 2. The van der Waals surface area contributed by atoms with Gasteiger partial charge in [0, 0.05) is 4.47 Å². The highest BCUT2D eigenvalue weighted by Crippen LogP contribution is 2.18. The predicted octanol–water partition coefficient (Wildman–Crippen LogP) is 1.24. The van der Waals surface area contributed by atoms with E-state index in [9.17, 15) is 9.59 Å². The number of carboxylic acid groups (broad SMARTS) is 1. The molecular formula is C10H7BrN2O3. The van der Waals surface area contributed by atoms with Crippen molar-refractivity contribution in [1.82, 2.24) is 9.55 Å². The van der Waals surface area contributed by atoms with Crippen LogP contribution in [0.4, 0.5) is 0 Å².